The van der Waals surface area contributed by atoms with Gasteiger partial charge in [0.05, 0.1) is 6.10 Å². The molecule has 0 spiro atoms. The Bertz CT molecular complexity index is 644. The van der Waals surface area contributed by atoms with E-state index in [0.29, 0.717) is 12.8 Å². The zero-order valence-corrected chi connectivity index (χ0v) is 18.1. The quantitative estimate of drug-likeness (QED) is 0.403. The van der Waals surface area contributed by atoms with Crippen molar-refractivity contribution >= 4 is 11.9 Å². The number of nitrogens with one attached hydrogen (secondary N) is 4. The number of hydrazine groups is 1. The Hall–Kier alpha value is -1.39. The van der Waals surface area contributed by atoms with Crippen LogP contribution in [0.5, 0.6) is 0 Å². The Kier molecular flexibility index (Phi) is 7.29. The van der Waals surface area contributed by atoms with Crippen LogP contribution in [0.4, 0.5) is 13.2 Å². The number of amides is 1. The molecule has 3 fully saturated rings. The maximum Gasteiger partial charge on any atom is 0.229 e. The summed E-state index contributed by atoms with van der Waals surface area (Å²) < 4.78 is 47.3. The van der Waals surface area contributed by atoms with E-state index < -0.39 is 48.0 Å². The monoisotopic (exact) mass is 433 g/mol. The molecule has 0 aromatic rings. The van der Waals surface area contributed by atoms with Crippen molar-refractivity contribution in [1.82, 2.24) is 21.5 Å². The summed E-state index contributed by atoms with van der Waals surface area (Å²) >= 11 is 0. The maximum atomic E-state index is 14.8. The van der Waals surface area contributed by atoms with Gasteiger partial charge in [-0.15, -0.1) is 0 Å². The van der Waals surface area contributed by atoms with Gasteiger partial charge in [0.1, 0.15) is 24.7 Å². The second-order valence-corrected chi connectivity index (χ2v) is 9.65. The lowest BCUT2D eigenvalue weighted by Gasteiger charge is -2.34. The zero-order valence-electron chi connectivity index (χ0n) is 18.1. The molecule has 8 unspecified atom stereocenters. The van der Waals surface area contributed by atoms with E-state index in [4.69, 9.17) is 4.74 Å². The van der Waals surface area contributed by atoms with Crippen LogP contribution in [0.1, 0.15) is 52.9 Å². The van der Waals surface area contributed by atoms with Crippen LogP contribution in [0.25, 0.3) is 0 Å². The molecular weight excluding hydrogens is 399 g/mol. The fraction of sp³-hybridized carbons (Fsp3) is 0.900. The molecule has 2 aliphatic carbocycles. The normalized spacial score (nSPS) is 40.0. The zero-order chi connectivity index (χ0) is 22.1. The van der Waals surface area contributed by atoms with Crippen LogP contribution in [0, 0.1) is 11.8 Å². The Morgan fingerprint density at radius 1 is 1.03 bits per heavy atom. The largest absolute Gasteiger partial charge is 0.381 e. The summed E-state index contributed by atoms with van der Waals surface area (Å²) in [7, 11) is 1.58. The fourth-order valence-electron chi connectivity index (χ4n) is 4.49. The molecule has 0 aromatic heterocycles. The van der Waals surface area contributed by atoms with E-state index in [9.17, 15) is 18.0 Å². The van der Waals surface area contributed by atoms with Crippen molar-refractivity contribution in [3.05, 3.63) is 0 Å². The second-order valence-electron chi connectivity index (χ2n) is 9.65. The third kappa shape index (κ3) is 5.64. The number of fused-ring (bicyclic) bond motifs is 1. The lowest BCUT2D eigenvalue weighted by molar-refractivity contribution is -0.125. The number of alkyl halides is 3. The van der Waals surface area contributed by atoms with Crippen LogP contribution < -0.4 is 21.5 Å². The van der Waals surface area contributed by atoms with Gasteiger partial charge in [-0.3, -0.25) is 15.5 Å². The second kappa shape index (κ2) is 9.40. The number of nitrogens with zero attached hydrogens (tertiary/aromatic N) is 1. The van der Waals surface area contributed by atoms with Gasteiger partial charge in [0, 0.05) is 36.9 Å². The Morgan fingerprint density at radius 3 is 2.40 bits per heavy atom. The summed E-state index contributed by atoms with van der Waals surface area (Å²) in [6, 6.07) is -0.133. The number of carbonyl (C=O) groups is 1. The number of methoxy groups -OCH3 is 1. The minimum atomic E-state index is -1.63. The van der Waals surface area contributed by atoms with E-state index in [1.54, 1.807) is 7.11 Å². The van der Waals surface area contributed by atoms with Crippen LogP contribution >= 0.6 is 0 Å². The smallest absolute Gasteiger partial charge is 0.229 e. The lowest BCUT2D eigenvalue weighted by atomic mass is 9.81. The first-order valence-corrected chi connectivity index (χ1v) is 10.7. The highest BCUT2D eigenvalue weighted by Crippen LogP contribution is 2.34. The van der Waals surface area contributed by atoms with Gasteiger partial charge in [-0.25, -0.2) is 23.6 Å². The van der Waals surface area contributed by atoms with E-state index >= 15 is 0 Å². The molecule has 1 aliphatic heterocycles. The van der Waals surface area contributed by atoms with Crippen molar-refractivity contribution in [2.24, 2.45) is 16.8 Å². The summed E-state index contributed by atoms with van der Waals surface area (Å²) in [5, 5.41) is 5.87. The summed E-state index contributed by atoms with van der Waals surface area (Å²) in [6.07, 6.45) is -3.84. The molecule has 0 radical (unpaired) electrons. The Balaban J connectivity index is 1.72. The van der Waals surface area contributed by atoms with Crippen molar-refractivity contribution in [2.75, 3.05) is 7.11 Å². The number of hydrogen-bond acceptors (Lipinski definition) is 5. The number of halogens is 3. The highest BCUT2D eigenvalue weighted by molar-refractivity contribution is 5.98. The molecule has 7 nitrogen and oxygen atoms in total. The van der Waals surface area contributed by atoms with Crippen LogP contribution in [-0.2, 0) is 9.53 Å². The van der Waals surface area contributed by atoms with Crippen molar-refractivity contribution in [1.29, 1.82) is 0 Å². The number of rotatable bonds is 3. The molecule has 30 heavy (non-hydrogen) atoms. The van der Waals surface area contributed by atoms with Gasteiger partial charge in [0.2, 0.25) is 5.91 Å². The number of aliphatic imine (C=N–C) groups is 1. The van der Waals surface area contributed by atoms with E-state index in [-0.39, 0.29) is 37.4 Å². The molecule has 3 rings (SSSR count). The number of hydrogen-bond donors (Lipinski definition) is 4. The molecular formula is C20H34F3N5O2. The first-order valence-electron chi connectivity index (χ1n) is 10.7. The number of carbonyl (C=O) groups excluding carboxylic acids is 1. The Labute approximate surface area is 175 Å². The third-order valence-electron chi connectivity index (χ3n) is 6.07. The minimum absolute atomic E-state index is 0.0283. The van der Waals surface area contributed by atoms with Gasteiger partial charge < -0.3 is 10.1 Å². The molecule has 1 amide bonds. The van der Waals surface area contributed by atoms with Crippen LogP contribution in [0.2, 0.25) is 0 Å². The predicted molar refractivity (Wildman–Crippen MR) is 108 cm³/mol. The highest BCUT2D eigenvalue weighted by atomic mass is 19.2. The van der Waals surface area contributed by atoms with E-state index in [0.717, 1.165) is 0 Å². The van der Waals surface area contributed by atoms with Crippen molar-refractivity contribution in [3.8, 4) is 0 Å². The third-order valence-corrected chi connectivity index (χ3v) is 6.07. The van der Waals surface area contributed by atoms with Gasteiger partial charge in [-0.1, -0.05) is 0 Å². The van der Waals surface area contributed by atoms with Crippen molar-refractivity contribution in [2.45, 2.75) is 95.2 Å². The van der Waals surface area contributed by atoms with Crippen LogP contribution in [-0.4, -0.2) is 61.3 Å². The molecule has 2 saturated carbocycles. The van der Waals surface area contributed by atoms with Crippen molar-refractivity contribution in [3.63, 3.8) is 0 Å². The van der Waals surface area contributed by atoms with Gasteiger partial charge in [-0.05, 0) is 46.5 Å². The van der Waals surface area contributed by atoms with E-state index in [1.807, 2.05) is 20.8 Å². The standard InChI is InChI=1S/C20H34F3N5O2/c1-20(2,3)26-19(25-18(29)10-5-6-12(21)13(22)7-10)24-17-16-14(23)8-11(30-4)9-15(16)27-28-17/h10-17,27-28H,5-9H2,1-4H3,(H2,24,25,26,29). The van der Waals surface area contributed by atoms with Crippen LogP contribution in [0.15, 0.2) is 4.99 Å². The minimum Gasteiger partial charge on any atom is -0.381 e. The topological polar surface area (TPSA) is 86.8 Å². The van der Waals surface area contributed by atoms with E-state index in [1.165, 1.54) is 0 Å². The number of guanidine groups is 1. The van der Waals surface area contributed by atoms with Gasteiger partial charge in [-0.2, -0.15) is 0 Å². The summed E-state index contributed by atoms with van der Waals surface area (Å²) in [6.45, 7) is 5.72. The van der Waals surface area contributed by atoms with Gasteiger partial charge in [0.15, 0.2) is 5.96 Å². The molecule has 1 saturated heterocycles. The number of ether oxygens (including phenoxy) is 1. The molecule has 172 valence electrons. The van der Waals surface area contributed by atoms with Gasteiger partial charge in [0.25, 0.3) is 0 Å². The maximum absolute atomic E-state index is 14.8. The SMILES string of the molecule is COC1CC(F)C2C(C1)NNC2/N=C(\NC(=O)C1CCC(F)C(F)C1)NC(C)(C)C. The lowest BCUT2D eigenvalue weighted by Crippen LogP contribution is -2.53. The molecule has 10 heteroatoms. The average Bonchev–Trinajstić information content (AvgIpc) is 3.05. The van der Waals surface area contributed by atoms with Crippen LogP contribution in [0.3, 0.4) is 0 Å². The van der Waals surface area contributed by atoms with E-state index in [2.05, 4.69) is 26.5 Å². The fourth-order valence-corrected chi connectivity index (χ4v) is 4.49. The molecule has 4 N–H and O–H groups in total. The first kappa shape index (κ1) is 23.3. The highest BCUT2D eigenvalue weighted by Gasteiger charge is 2.47. The first-order chi connectivity index (χ1) is 14.1. The van der Waals surface area contributed by atoms with Gasteiger partial charge >= 0.3 is 0 Å². The summed E-state index contributed by atoms with van der Waals surface area (Å²) in [5.41, 5.74) is 5.69. The predicted octanol–water partition coefficient (Wildman–Crippen LogP) is 1.89. The molecule has 1 heterocycles. The average molecular weight is 434 g/mol. The molecule has 0 aromatic carbocycles. The molecule has 3 aliphatic rings. The van der Waals surface area contributed by atoms with Crippen molar-refractivity contribution < 1.29 is 22.7 Å². The Morgan fingerprint density at radius 2 is 1.77 bits per heavy atom. The summed E-state index contributed by atoms with van der Waals surface area (Å²) in [5.74, 6) is -1.22. The molecule has 0 bridgehead atoms. The molecule has 8 atom stereocenters. The summed E-state index contributed by atoms with van der Waals surface area (Å²) in [4.78, 5) is 17.3.